The van der Waals surface area contributed by atoms with Crippen LogP contribution in [0.4, 0.5) is 0 Å². The molecule has 0 aromatic heterocycles. The Morgan fingerprint density at radius 3 is 2.32 bits per heavy atom. The number of carbonyl (C=O) groups excluding carboxylic acids is 1. The SMILES string of the molecule is O=C(/C=C/c1ccccc1OCc1ccccc1)c1ccc(Br)cc1. The summed E-state index contributed by atoms with van der Waals surface area (Å²) in [6, 6.07) is 25.0. The largest absolute Gasteiger partial charge is 0.488 e. The molecule has 0 unspecified atom stereocenters. The van der Waals surface area contributed by atoms with Gasteiger partial charge in [-0.05, 0) is 48.0 Å². The summed E-state index contributed by atoms with van der Waals surface area (Å²) in [5.74, 6) is 0.719. The Labute approximate surface area is 155 Å². The molecule has 0 fully saturated rings. The molecule has 0 aliphatic rings. The molecule has 3 rings (SSSR count). The van der Waals surface area contributed by atoms with Crippen LogP contribution in [-0.2, 0) is 6.61 Å². The monoisotopic (exact) mass is 392 g/mol. The van der Waals surface area contributed by atoms with E-state index in [-0.39, 0.29) is 5.78 Å². The second-order valence-electron chi connectivity index (χ2n) is 5.52. The average Bonchev–Trinajstić information content (AvgIpc) is 2.66. The number of halogens is 1. The fourth-order valence-electron chi connectivity index (χ4n) is 2.36. The van der Waals surface area contributed by atoms with Crippen LogP contribution in [0.5, 0.6) is 5.75 Å². The summed E-state index contributed by atoms with van der Waals surface area (Å²) in [7, 11) is 0. The number of ether oxygens (including phenoxy) is 1. The van der Waals surface area contributed by atoms with E-state index in [1.54, 1.807) is 24.3 Å². The van der Waals surface area contributed by atoms with Crippen molar-refractivity contribution in [3.63, 3.8) is 0 Å². The van der Waals surface area contributed by atoms with Crippen LogP contribution in [0.15, 0.2) is 89.4 Å². The van der Waals surface area contributed by atoms with E-state index in [9.17, 15) is 4.79 Å². The van der Waals surface area contributed by atoms with Crippen LogP contribution in [0.2, 0.25) is 0 Å². The van der Waals surface area contributed by atoms with Gasteiger partial charge in [-0.3, -0.25) is 4.79 Å². The van der Waals surface area contributed by atoms with Crippen molar-refractivity contribution in [2.75, 3.05) is 0 Å². The van der Waals surface area contributed by atoms with Crippen LogP contribution in [0, 0.1) is 0 Å². The zero-order valence-corrected chi connectivity index (χ0v) is 15.1. The number of allylic oxidation sites excluding steroid dienone is 1. The van der Waals surface area contributed by atoms with Crippen molar-refractivity contribution in [1.29, 1.82) is 0 Å². The molecule has 3 aromatic carbocycles. The zero-order chi connectivity index (χ0) is 17.5. The molecule has 0 heterocycles. The van der Waals surface area contributed by atoms with Gasteiger partial charge in [0.1, 0.15) is 12.4 Å². The molecule has 3 heteroatoms. The third-order valence-corrected chi connectivity index (χ3v) is 4.23. The molecule has 2 nitrogen and oxygen atoms in total. The van der Waals surface area contributed by atoms with Crippen molar-refractivity contribution in [3.8, 4) is 5.75 Å². The van der Waals surface area contributed by atoms with Gasteiger partial charge in [-0.15, -0.1) is 0 Å². The van der Waals surface area contributed by atoms with Gasteiger partial charge in [-0.1, -0.05) is 64.5 Å². The molecule has 0 spiro atoms. The van der Waals surface area contributed by atoms with Gasteiger partial charge in [0.2, 0.25) is 0 Å². The lowest BCUT2D eigenvalue weighted by molar-refractivity contribution is 0.104. The third kappa shape index (κ3) is 4.91. The number of ketones is 1. The first-order valence-corrected chi connectivity index (χ1v) is 8.75. The van der Waals surface area contributed by atoms with E-state index in [0.717, 1.165) is 21.3 Å². The number of rotatable bonds is 6. The summed E-state index contributed by atoms with van der Waals surface area (Å²) in [6.07, 6.45) is 3.37. The molecular weight excluding hydrogens is 376 g/mol. The smallest absolute Gasteiger partial charge is 0.185 e. The Kier molecular flexibility index (Phi) is 5.81. The minimum atomic E-state index is -0.0367. The van der Waals surface area contributed by atoms with E-state index in [2.05, 4.69) is 15.9 Å². The highest BCUT2D eigenvalue weighted by atomic mass is 79.9. The van der Waals surface area contributed by atoms with Crippen LogP contribution in [0.25, 0.3) is 6.08 Å². The van der Waals surface area contributed by atoms with Gasteiger partial charge in [0.25, 0.3) is 0 Å². The predicted octanol–water partition coefficient (Wildman–Crippen LogP) is 5.92. The Morgan fingerprint density at radius 1 is 0.880 bits per heavy atom. The lowest BCUT2D eigenvalue weighted by Crippen LogP contribution is -1.97. The highest BCUT2D eigenvalue weighted by Gasteiger charge is 2.04. The first-order valence-electron chi connectivity index (χ1n) is 7.96. The van der Waals surface area contributed by atoms with Gasteiger partial charge in [0.15, 0.2) is 5.78 Å². The van der Waals surface area contributed by atoms with Crippen LogP contribution in [0.1, 0.15) is 21.5 Å². The number of hydrogen-bond donors (Lipinski definition) is 0. The Hall–Kier alpha value is -2.65. The maximum atomic E-state index is 12.3. The summed E-state index contributed by atoms with van der Waals surface area (Å²) in [5.41, 5.74) is 2.64. The first kappa shape index (κ1) is 17.2. The molecule has 0 amide bonds. The number of para-hydroxylation sites is 1. The van der Waals surface area contributed by atoms with Crippen molar-refractivity contribution in [2.45, 2.75) is 6.61 Å². The van der Waals surface area contributed by atoms with E-state index in [4.69, 9.17) is 4.74 Å². The topological polar surface area (TPSA) is 26.3 Å². The van der Waals surface area contributed by atoms with Crippen molar-refractivity contribution < 1.29 is 9.53 Å². The zero-order valence-electron chi connectivity index (χ0n) is 13.6. The van der Waals surface area contributed by atoms with Crippen LogP contribution >= 0.6 is 15.9 Å². The number of benzene rings is 3. The Morgan fingerprint density at radius 2 is 1.56 bits per heavy atom. The van der Waals surface area contributed by atoms with Crippen LogP contribution < -0.4 is 4.74 Å². The summed E-state index contributed by atoms with van der Waals surface area (Å²) >= 11 is 3.37. The fraction of sp³-hybridized carbons (Fsp3) is 0.0455. The summed E-state index contributed by atoms with van der Waals surface area (Å²) in [6.45, 7) is 0.492. The van der Waals surface area contributed by atoms with Gasteiger partial charge in [0.05, 0.1) is 0 Å². The van der Waals surface area contributed by atoms with Gasteiger partial charge in [-0.2, -0.15) is 0 Å². The van der Waals surface area contributed by atoms with Crippen molar-refractivity contribution in [3.05, 3.63) is 106 Å². The average molecular weight is 393 g/mol. The van der Waals surface area contributed by atoms with E-state index in [0.29, 0.717) is 12.2 Å². The molecule has 0 aliphatic carbocycles. The van der Waals surface area contributed by atoms with Gasteiger partial charge in [0, 0.05) is 15.6 Å². The molecule has 124 valence electrons. The minimum absolute atomic E-state index is 0.0367. The molecule has 0 saturated heterocycles. The quantitative estimate of drug-likeness (QED) is 0.384. The molecule has 3 aromatic rings. The van der Waals surface area contributed by atoms with E-state index in [1.807, 2.05) is 66.7 Å². The Balaban J connectivity index is 1.72. The van der Waals surface area contributed by atoms with Crippen molar-refractivity contribution in [2.24, 2.45) is 0 Å². The fourth-order valence-corrected chi connectivity index (χ4v) is 2.63. The first-order chi connectivity index (χ1) is 12.2. The van der Waals surface area contributed by atoms with Crippen LogP contribution in [-0.4, -0.2) is 5.78 Å². The third-order valence-electron chi connectivity index (χ3n) is 3.70. The molecule has 0 bridgehead atoms. The lowest BCUT2D eigenvalue weighted by atomic mass is 10.1. The van der Waals surface area contributed by atoms with Gasteiger partial charge in [-0.25, -0.2) is 0 Å². The molecule has 0 radical (unpaired) electrons. The molecule has 25 heavy (non-hydrogen) atoms. The molecule has 0 atom stereocenters. The summed E-state index contributed by atoms with van der Waals surface area (Å²) in [5, 5.41) is 0. The van der Waals surface area contributed by atoms with E-state index in [1.165, 1.54) is 0 Å². The van der Waals surface area contributed by atoms with Gasteiger partial charge >= 0.3 is 0 Å². The number of hydrogen-bond acceptors (Lipinski definition) is 2. The minimum Gasteiger partial charge on any atom is -0.488 e. The lowest BCUT2D eigenvalue weighted by Gasteiger charge is -2.09. The normalized spacial score (nSPS) is 10.8. The van der Waals surface area contributed by atoms with Crippen molar-refractivity contribution in [1.82, 2.24) is 0 Å². The highest BCUT2D eigenvalue weighted by molar-refractivity contribution is 9.10. The summed E-state index contributed by atoms with van der Waals surface area (Å²) < 4.78 is 6.86. The second kappa shape index (κ2) is 8.45. The predicted molar refractivity (Wildman–Crippen MR) is 105 cm³/mol. The highest BCUT2D eigenvalue weighted by Crippen LogP contribution is 2.21. The van der Waals surface area contributed by atoms with Crippen molar-refractivity contribution >= 4 is 27.8 Å². The molecule has 0 aliphatic heterocycles. The molecule has 0 saturated carbocycles. The summed E-state index contributed by atoms with van der Waals surface area (Å²) in [4.78, 5) is 12.3. The molecule has 0 N–H and O–H groups in total. The van der Waals surface area contributed by atoms with E-state index < -0.39 is 0 Å². The maximum absolute atomic E-state index is 12.3. The number of carbonyl (C=O) groups is 1. The van der Waals surface area contributed by atoms with E-state index >= 15 is 0 Å². The van der Waals surface area contributed by atoms with Gasteiger partial charge < -0.3 is 4.74 Å². The second-order valence-corrected chi connectivity index (χ2v) is 6.43. The standard InChI is InChI=1S/C22H17BrO2/c23-20-13-10-18(11-14-20)21(24)15-12-19-8-4-5-9-22(19)25-16-17-6-2-1-3-7-17/h1-15H,16H2/b15-12+. The molecular formula is C22H17BrO2. The maximum Gasteiger partial charge on any atom is 0.185 e. The Bertz CT molecular complexity index is 868. The van der Waals surface area contributed by atoms with Crippen LogP contribution in [0.3, 0.4) is 0 Å².